The second kappa shape index (κ2) is 8.26. The van der Waals surface area contributed by atoms with E-state index < -0.39 is 0 Å². The smallest absolute Gasteiger partial charge is 0.253 e. The molecule has 0 saturated carbocycles. The first-order chi connectivity index (χ1) is 11.5. The van der Waals surface area contributed by atoms with Crippen LogP contribution < -0.4 is 10.6 Å². The van der Waals surface area contributed by atoms with E-state index in [1.807, 2.05) is 5.38 Å². The summed E-state index contributed by atoms with van der Waals surface area (Å²) in [5.74, 6) is -0.549. The predicted octanol–water partition coefficient (Wildman–Crippen LogP) is 2.21. The normalized spacial score (nSPS) is 10.1. The number of nitrogens with zero attached hydrogens (tertiary/aromatic N) is 1. The highest BCUT2D eigenvalue weighted by Crippen LogP contribution is 2.12. The number of thiophene rings is 1. The number of anilines is 1. The molecule has 24 heavy (non-hydrogen) atoms. The number of carbonyl (C=O) groups excluding carboxylic acids is 3. The van der Waals surface area contributed by atoms with Gasteiger partial charge in [0.15, 0.2) is 0 Å². The van der Waals surface area contributed by atoms with E-state index >= 15 is 0 Å². The molecule has 3 amide bonds. The molecular weight excluding hydrogens is 326 g/mol. The molecule has 0 spiro atoms. The van der Waals surface area contributed by atoms with E-state index in [2.05, 4.69) is 10.6 Å². The number of rotatable bonds is 6. The molecule has 2 aromatic rings. The molecule has 2 N–H and O–H groups in total. The minimum atomic E-state index is -0.227. The van der Waals surface area contributed by atoms with Crippen LogP contribution in [0, 0.1) is 0 Å². The van der Waals surface area contributed by atoms with Gasteiger partial charge in [-0.1, -0.05) is 6.07 Å². The first-order valence-electron chi connectivity index (χ1n) is 7.39. The molecule has 0 unspecified atom stereocenters. The van der Waals surface area contributed by atoms with E-state index in [0.29, 0.717) is 16.8 Å². The molecule has 0 saturated heterocycles. The van der Waals surface area contributed by atoms with E-state index in [9.17, 15) is 14.4 Å². The maximum absolute atomic E-state index is 11.9. The molecule has 0 aliphatic carbocycles. The molecule has 1 heterocycles. The van der Waals surface area contributed by atoms with Gasteiger partial charge in [-0.05, 0) is 29.6 Å². The predicted molar refractivity (Wildman–Crippen MR) is 94.4 cm³/mol. The van der Waals surface area contributed by atoms with E-state index in [-0.39, 0.29) is 30.7 Å². The summed E-state index contributed by atoms with van der Waals surface area (Å²) in [6.07, 6.45) is 0.154. The number of hydrogen-bond donors (Lipinski definition) is 2. The number of amides is 3. The standard InChI is InChI=1S/C17H19N3O3S/c1-20(2)17(23)12-4-3-5-14(10-12)19-15(21)6-8-18-16(22)13-7-9-24-11-13/h3-5,7,9-11H,6,8H2,1-2H3,(H,18,22)(H,19,21). The van der Waals surface area contributed by atoms with Gasteiger partial charge in [0, 0.05) is 49.3 Å². The molecule has 0 atom stereocenters. The van der Waals surface area contributed by atoms with Crippen LogP contribution in [-0.4, -0.2) is 43.3 Å². The van der Waals surface area contributed by atoms with Crippen LogP contribution >= 0.6 is 11.3 Å². The van der Waals surface area contributed by atoms with Crippen molar-refractivity contribution < 1.29 is 14.4 Å². The van der Waals surface area contributed by atoms with Crippen LogP contribution in [0.5, 0.6) is 0 Å². The van der Waals surface area contributed by atoms with Crippen molar-refractivity contribution in [2.75, 3.05) is 26.0 Å². The van der Waals surface area contributed by atoms with Crippen LogP contribution in [-0.2, 0) is 4.79 Å². The van der Waals surface area contributed by atoms with Crippen LogP contribution in [0.2, 0.25) is 0 Å². The minimum Gasteiger partial charge on any atom is -0.351 e. The summed E-state index contributed by atoms with van der Waals surface area (Å²) in [6.45, 7) is 0.247. The Morgan fingerprint density at radius 2 is 1.92 bits per heavy atom. The van der Waals surface area contributed by atoms with Crippen LogP contribution in [0.1, 0.15) is 27.1 Å². The first kappa shape index (κ1) is 17.7. The highest BCUT2D eigenvalue weighted by atomic mass is 32.1. The SMILES string of the molecule is CN(C)C(=O)c1cccc(NC(=O)CCNC(=O)c2ccsc2)c1. The second-order valence-corrected chi connectivity index (χ2v) is 6.13. The van der Waals surface area contributed by atoms with Gasteiger partial charge in [-0.3, -0.25) is 14.4 Å². The van der Waals surface area contributed by atoms with Crippen molar-refractivity contribution in [2.24, 2.45) is 0 Å². The fourth-order valence-corrected chi connectivity index (χ4v) is 2.63. The maximum atomic E-state index is 11.9. The Morgan fingerprint density at radius 3 is 2.58 bits per heavy atom. The lowest BCUT2D eigenvalue weighted by Crippen LogP contribution is -2.27. The van der Waals surface area contributed by atoms with Crippen LogP contribution in [0.4, 0.5) is 5.69 Å². The number of nitrogens with one attached hydrogen (secondary N) is 2. The summed E-state index contributed by atoms with van der Waals surface area (Å²) in [6, 6.07) is 8.48. The van der Waals surface area contributed by atoms with Crippen molar-refractivity contribution >= 4 is 34.7 Å². The Bertz CT molecular complexity index is 726. The van der Waals surface area contributed by atoms with Gasteiger partial charge >= 0.3 is 0 Å². The van der Waals surface area contributed by atoms with E-state index in [4.69, 9.17) is 0 Å². The fraction of sp³-hybridized carbons (Fsp3) is 0.235. The van der Waals surface area contributed by atoms with E-state index in [0.717, 1.165) is 0 Å². The number of carbonyl (C=O) groups is 3. The van der Waals surface area contributed by atoms with Gasteiger partial charge in [0.25, 0.3) is 11.8 Å². The zero-order valence-electron chi connectivity index (χ0n) is 13.5. The lowest BCUT2D eigenvalue weighted by molar-refractivity contribution is -0.116. The Labute approximate surface area is 144 Å². The lowest BCUT2D eigenvalue weighted by atomic mass is 10.2. The molecule has 0 aliphatic heterocycles. The third-order valence-electron chi connectivity index (χ3n) is 3.22. The molecule has 0 fully saturated rings. The second-order valence-electron chi connectivity index (χ2n) is 5.35. The van der Waals surface area contributed by atoms with Gasteiger partial charge in [0.2, 0.25) is 5.91 Å². The topological polar surface area (TPSA) is 78.5 Å². The summed E-state index contributed by atoms with van der Waals surface area (Å²) in [5.41, 5.74) is 1.65. The average molecular weight is 345 g/mol. The molecule has 2 rings (SSSR count). The van der Waals surface area contributed by atoms with Gasteiger partial charge < -0.3 is 15.5 Å². The molecule has 1 aromatic carbocycles. The Kier molecular flexibility index (Phi) is 6.08. The van der Waals surface area contributed by atoms with E-state index in [1.165, 1.54) is 16.2 Å². The first-order valence-corrected chi connectivity index (χ1v) is 8.33. The highest BCUT2D eigenvalue weighted by Gasteiger charge is 2.10. The molecule has 126 valence electrons. The minimum absolute atomic E-state index is 0.130. The van der Waals surface area contributed by atoms with Gasteiger partial charge in [-0.25, -0.2) is 0 Å². The third kappa shape index (κ3) is 4.92. The summed E-state index contributed by atoms with van der Waals surface area (Å²) >= 11 is 1.44. The zero-order chi connectivity index (χ0) is 17.5. The lowest BCUT2D eigenvalue weighted by Gasteiger charge is -2.11. The number of hydrogen-bond acceptors (Lipinski definition) is 4. The maximum Gasteiger partial charge on any atom is 0.253 e. The van der Waals surface area contributed by atoms with Crippen molar-refractivity contribution in [1.29, 1.82) is 0 Å². The molecule has 0 radical (unpaired) electrons. The summed E-state index contributed by atoms with van der Waals surface area (Å²) in [5, 5.41) is 8.99. The third-order valence-corrected chi connectivity index (χ3v) is 3.90. The summed E-state index contributed by atoms with van der Waals surface area (Å²) in [4.78, 5) is 37.1. The molecule has 0 bridgehead atoms. The van der Waals surface area contributed by atoms with Gasteiger partial charge in [0.1, 0.15) is 0 Å². The molecule has 1 aromatic heterocycles. The molecule has 0 aliphatic rings. The van der Waals surface area contributed by atoms with Crippen molar-refractivity contribution in [3.05, 3.63) is 52.2 Å². The Balaban J connectivity index is 1.83. The zero-order valence-corrected chi connectivity index (χ0v) is 14.4. The van der Waals surface area contributed by atoms with E-state index in [1.54, 1.807) is 49.8 Å². The number of benzene rings is 1. The largest absolute Gasteiger partial charge is 0.351 e. The fourth-order valence-electron chi connectivity index (χ4n) is 2.00. The van der Waals surface area contributed by atoms with Crippen LogP contribution in [0.15, 0.2) is 41.1 Å². The van der Waals surface area contributed by atoms with Crippen molar-refractivity contribution in [1.82, 2.24) is 10.2 Å². The molecule has 6 nitrogen and oxygen atoms in total. The van der Waals surface area contributed by atoms with Crippen LogP contribution in [0.3, 0.4) is 0 Å². The van der Waals surface area contributed by atoms with Gasteiger partial charge in [0.05, 0.1) is 0 Å². The quantitative estimate of drug-likeness (QED) is 0.842. The van der Waals surface area contributed by atoms with Gasteiger partial charge in [-0.2, -0.15) is 11.3 Å². The highest BCUT2D eigenvalue weighted by molar-refractivity contribution is 7.08. The molecular formula is C17H19N3O3S. The summed E-state index contributed by atoms with van der Waals surface area (Å²) < 4.78 is 0. The van der Waals surface area contributed by atoms with Crippen LogP contribution in [0.25, 0.3) is 0 Å². The Hall–Kier alpha value is -2.67. The summed E-state index contributed by atoms with van der Waals surface area (Å²) in [7, 11) is 3.34. The van der Waals surface area contributed by atoms with Crippen molar-refractivity contribution in [2.45, 2.75) is 6.42 Å². The average Bonchev–Trinajstić information content (AvgIpc) is 3.08. The Morgan fingerprint density at radius 1 is 1.12 bits per heavy atom. The molecule has 7 heteroatoms. The van der Waals surface area contributed by atoms with Crippen molar-refractivity contribution in [3.8, 4) is 0 Å². The van der Waals surface area contributed by atoms with Gasteiger partial charge in [-0.15, -0.1) is 0 Å². The monoisotopic (exact) mass is 345 g/mol. The van der Waals surface area contributed by atoms with Crippen molar-refractivity contribution in [3.63, 3.8) is 0 Å².